The third-order valence-corrected chi connectivity index (χ3v) is 6.57. The number of pyridine rings is 1. The molecule has 2 fully saturated rings. The number of fused-ring (bicyclic) bond motifs is 1. The summed E-state index contributed by atoms with van der Waals surface area (Å²) in [4.78, 5) is 18.9. The Morgan fingerprint density at radius 1 is 1.19 bits per heavy atom. The Kier molecular flexibility index (Phi) is 6.51. The van der Waals surface area contributed by atoms with E-state index in [0.717, 1.165) is 50.7 Å². The summed E-state index contributed by atoms with van der Waals surface area (Å²) in [6.45, 7) is 5.57. The first-order valence-corrected chi connectivity index (χ1v) is 11.2. The van der Waals surface area contributed by atoms with Crippen LogP contribution in [0, 0.1) is 17.8 Å². The second kappa shape index (κ2) is 9.15. The first-order chi connectivity index (χ1) is 14.8. The second-order valence-corrected chi connectivity index (χ2v) is 9.30. The molecule has 2 aliphatic heterocycles. The van der Waals surface area contributed by atoms with Crippen LogP contribution < -0.4 is 10.2 Å². The summed E-state index contributed by atoms with van der Waals surface area (Å²) in [5, 5.41) is 3.88. The van der Waals surface area contributed by atoms with E-state index in [4.69, 9.17) is 0 Å². The van der Waals surface area contributed by atoms with Crippen molar-refractivity contribution in [1.82, 2.24) is 10.3 Å². The lowest BCUT2D eigenvalue weighted by Gasteiger charge is -2.38. The zero-order valence-electron chi connectivity index (χ0n) is 17.9. The molecule has 0 spiro atoms. The molecule has 0 unspecified atom stereocenters. The summed E-state index contributed by atoms with van der Waals surface area (Å²) in [6, 6.07) is 6.10. The zero-order chi connectivity index (χ0) is 22.0. The topological polar surface area (TPSA) is 45.2 Å². The minimum absolute atomic E-state index is 0.0110. The second-order valence-electron chi connectivity index (χ2n) is 9.30. The van der Waals surface area contributed by atoms with Crippen molar-refractivity contribution in [2.24, 2.45) is 17.8 Å². The molecule has 4 nitrogen and oxygen atoms in total. The van der Waals surface area contributed by atoms with Crippen molar-refractivity contribution in [2.45, 2.75) is 45.2 Å². The summed E-state index contributed by atoms with van der Waals surface area (Å²) in [7, 11) is 0. The minimum atomic E-state index is -4.44. The Labute approximate surface area is 181 Å². The number of nitrogens with one attached hydrogen (secondary N) is 1. The highest BCUT2D eigenvalue weighted by Crippen LogP contribution is 2.39. The van der Waals surface area contributed by atoms with Crippen LogP contribution in [-0.2, 0) is 11.0 Å². The van der Waals surface area contributed by atoms with Crippen molar-refractivity contribution in [3.63, 3.8) is 0 Å². The molecule has 1 aromatic heterocycles. The van der Waals surface area contributed by atoms with E-state index in [1.165, 1.54) is 6.20 Å². The molecule has 2 aliphatic rings. The fraction of sp³-hybridized carbons (Fsp3) is 0.583. The van der Waals surface area contributed by atoms with Gasteiger partial charge in [0.15, 0.2) is 0 Å². The van der Waals surface area contributed by atoms with Crippen molar-refractivity contribution >= 4 is 22.4 Å². The summed E-state index contributed by atoms with van der Waals surface area (Å²) >= 11 is 0. The molecule has 0 aliphatic carbocycles. The van der Waals surface area contributed by atoms with Crippen LogP contribution in [0.5, 0.6) is 0 Å². The van der Waals surface area contributed by atoms with Gasteiger partial charge in [0, 0.05) is 43.2 Å². The highest BCUT2D eigenvalue weighted by Gasteiger charge is 2.35. The number of benzene rings is 1. The molecule has 3 heterocycles. The smallest absolute Gasteiger partial charge is 0.370 e. The van der Waals surface area contributed by atoms with Crippen LogP contribution in [0.15, 0.2) is 30.5 Å². The first kappa shape index (κ1) is 22.1. The third-order valence-electron chi connectivity index (χ3n) is 6.57. The predicted molar refractivity (Wildman–Crippen MR) is 116 cm³/mol. The molecule has 4 rings (SSSR count). The fourth-order valence-corrected chi connectivity index (χ4v) is 5.31. The van der Waals surface area contributed by atoms with Crippen molar-refractivity contribution in [3.05, 3.63) is 36.0 Å². The highest BCUT2D eigenvalue weighted by atomic mass is 19.4. The number of halogens is 3. The van der Waals surface area contributed by atoms with Crippen LogP contribution in [0.2, 0.25) is 0 Å². The van der Waals surface area contributed by atoms with Crippen LogP contribution in [0.4, 0.5) is 18.9 Å². The molecule has 3 atom stereocenters. The van der Waals surface area contributed by atoms with E-state index in [1.54, 1.807) is 18.2 Å². The molecule has 1 N–H and O–H groups in total. The number of nitrogens with zero attached hydrogens (tertiary/aromatic N) is 2. The van der Waals surface area contributed by atoms with E-state index in [0.29, 0.717) is 42.4 Å². The predicted octanol–water partition coefficient (Wildman–Crippen LogP) is 5.06. The molecule has 0 bridgehead atoms. The van der Waals surface area contributed by atoms with Crippen LogP contribution in [-0.4, -0.2) is 36.9 Å². The zero-order valence-corrected chi connectivity index (χ0v) is 17.9. The molecule has 0 saturated carbocycles. The Bertz CT molecular complexity index is 924. The van der Waals surface area contributed by atoms with E-state index in [-0.39, 0.29) is 11.4 Å². The van der Waals surface area contributed by atoms with Crippen LogP contribution in [0.25, 0.3) is 10.9 Å². The van der Waals surface area contributed by atoms with Crippen LogP contribution in [0.1, 0.15) is 44.6 Å². The largest absolute Gasteiger partial charge is 0.418 e. The standard InChI is InChI=1S/C24H30F3N3O/c1-16-10-18(12-19(31)11-17-4-2-8-28-13-17)15-30(14-16)22-7-6-21(24(25,26)27)23-20(22)5-3-9-29-23/h3,5-7,9,16-18,28H,2,4,8,10-15H2,1H3/t16-,17-,18-/m0/s1. The summed E-state index contributed by atoms with van der Waals surface area (Å²) in [6.07, 6.45) is 1.35. The number of hydrogen-bond donors (Lipinski definition) is 1. The molecule has 168 valence electrons. The van der Waals surface area contributed by atoms with E-state index >= 15 is 0 Å². The van der Waals surface area contributed by atoms with Crippen LogP contribution in [0.3, 0.4) is 0 Å². The molecule has 2 aromatic rings. The Hall–Kier alpha value is -2.15. The number of ketones is 1. The maximum atomic E-state index is 13.5. The average Bonchev–Trinajstić information content (AvgIpc) is 2.72. The SMILES string of the molecule is C[C@H]1C[C@@H](CC(=O)C[C@@H]2CCCNC2)CN(c2ccc(C(F)(F)F)c3ncccc23)C1. The van der Waals surface area contributed by atoms with Gasteiger partial charge in [0.25, 0.3) is 0 Å². The number of piperidine rings is 2. The number of alkyl halides is 3. The molecular weight excluding hydrogens is 403 g/mol. The minimum Gasteiger partial charge on any atom is -0.370 e. The third kappa shape index (κ3) is 5.20. The Morgan fingerprint density at radius 3 is 2.74 bits per heavy atom. The van der Waals surface area contributed by atoms with Gasteiger partial charge < -0.3 is 10.2 Å². The molecule has 7 heteroatoms. The molecule has 1 aromatic carbocycles. The number of Topliss-reactive ketones (excluding diaryl/α,β-unsaturated/α-hetero) is 1. The van der Waals surface area contributed by atoms with Gasteiger partial charge in [0.1, 0.15) is 5.78 Å². The molecule has 0 amide bonds. The van der Waals surface area contributed by atoms with Crippen molar-refractivity contribution in [3.8, 4) is 0 Å². The van der Waals surface area contributed by atoms with Gasteiger partial charge >= 0.3 is 6.18 Å². The van der Waals surface area contributed by atoms with E-state index in [9.17, 15) is 18.0 Å². The Balaban J connectivity index is 1.52. The van der Waals surface area contributed by atoms with Crippen molar-refractivity contribution in [2.75, 3.05) is 31.1 Å². The highest BCUT2D eigenvalue weighted by molar-refractivity contribution is 5.94. The molecule has 0 radical (unpaired) electrons. The number of rotatable bonds is 5. The number of aromatic nitrogens is 1. The Morgan fingerprint density at radius 2 is 2.00 bits per heavy atom. The maximum Gasteiger partial charge on any atom is 0.418 e. The van der Waals surface area contributed by atoms with Crippen LogP contribution >= 0.6 is 0 Å². The summed E-state index contributed by atoms with van der Waals surface area (Å²) in [5.74, 6) is 1.34. The quantitative estimate of drug-likeness (QED) is 0.716. The first-order valence-electron chi connectivity index (χ1n) is 11.2. The van der Waals surface area contributed by atoms with Gasteiger partial charge in [-0.25, -0.2) is 0 Å². The number of hydrogen-bond acceptors (Lipinski definition) is 4. The average molecular weight is 434 g/mol. The van der Waals surface area contributed by atoms with Gasteiger partial charge in [-0.3, -0.25) is 9.78 Å². The normalized spacial score (nSPS) is 25.0. The van der Waals surface area contributed by atoms with Gasteiger partial charge in [0.05, 0.1) is 11.1 Å². The lowest BCUT2D eigenvalue weighted by Crippen LogP contribution is -2.41. The number of anilines is 1. The lowest BCUT2D eigenvalue weighted by atomic mass is 9.84. The molecule has 31 heavy (non-hydrogen) atoms. The van der Waals surface area contributed by atoms with Crippen molar-refractivity contribution < 1.29 is 18.0 Å². The summed E-state index contributed by atoms with van der Waals surface area (Å²) < 4.78 is 40.4. The molecular formula is C24H30F3N3O. The van der Waals surface area contributed by atoms with Gasteiger partial charge in [-0.1, -0.05) is 6.92 Å². The van der Waals surface area contributed by atoms with Crippen molar-refractivity contribution in [1.29, 1.82) is 0 Å². The van der Waals surface area contributed by atoms with E-state index < -0.39 is 11.7 Å². The lowest BCUT2D eigenvalue weighted by molar-refractivity contribution is -0.136. The summed E-state index contributed by atoms with van der Waals surface area (Å²) in [5.41, 5.74) is 0.0597. The maximum absolute atomic E-state index is 13.5. The van der Waals surface area contributed by atoms with E-state index in [2.05, 4.69) is 22.1 Å². The number of carbonyl (C=O) groups excluding carboxylic acids is 1. The van der Waals surface area contributed by atoms with Gasteiger partial charge in [0.2, 0.25) is 0 Å². The monoisotopic (exact) mass is 433 g/mol. The van der Waals surface area contributed by atoms with Gasteiger partial charge in [-0.05, 0) is 74.4 Å². The van der Waals surface area contributed by atoms with Gasteiger partial charge in [-0.2, -0.15) is 13.2 Å². The fourth-order valence-electron chi connectivity index (χ4n) is 5.31. The number of carbonyl (C=O) groups is 1. The van der Waals surface area contributed by atoms with Gasteiger partial charge in [-0.15, -0.1) is 0 Å². The molecule has 2 saturated heterocycles. The van der Waals surface area contributed by atoms with E-state index in [1.807, 2.05) is 0 Å².